The summed E-state index contributed by atoms with van der Waals surface area (Å²) in [7, 11) is 0. The van der Waals surface area contributed by atoms with Crippen LogP contribution in [0.15, 0.2) is 12.1 Å². The van der Waals surface area contributed by atoms with Crippen LogP contribution in [0, 0.1) is 11.6 Å². The lowest BCUT2D eigenvalue weighted by Crippen LogP contribution is -2.44. The molecule has 0 amide bonds. The first-order valence-corrected chi connectivity index (χ1v) is 5.19. The third-order valence-corrected chi connectivity index (χ3v) is 2.76. The summed E-state index contributed by atoms with van der Waals surface area (Å²) in [5, 5.41) is 0. The third kappa shape index (κ3) is 1.82. The van der Waals surface area contributed by atoms with E-state index in [1.807, 2.05) is 6.92 Å². The lowest BCUT2D eigenvalue weighted by molar-refractivity contribution is 0.0986. The second-order valence-corrected chi connectivity index (χ2v) is 3.92. The molecule has 0 bridgehead atoms. The molecule has 0 aromatic heterocycles. The Labute approximate surface area is 92.8 Å². The SMILES string of the molecule is CC1COCCN1c1c(N)ccc(F)c1F. The van der Waals surface area contributed by atoms with Gasteiger partial charge in [0.2, 0.25) is 0 Å². The topological polar surface area (TPSA) is 38.5 Å². The van der Waals surface area contributed by atoms with E-state index >= 15 is 0 Å². The van der Waals surface area contributed by atoms with Crippen LogP contribution < -0.4 is 10.6 Å². The van der Waals surface area contributed by atoms with Gasteiger partial charge in [0.15, 0.2) is 11.6 Å². The van der Waals surface area contributed by atoms with E-state index in [0.717, 1.165) is 6.07 Å². The Balaban J connectivity index is 2.42. The van der Waals surface area contributed by atoms with Crippen LogP contribution in [0.2, 0.25) is 0 Å². The molecule has 2 N–H and O–H groups in total. The number of morpholine rings is 1. The summed E-state index contributed by atoms with van der Waals surface area (Å²) in [6.45, 7) is 3.41. The molecule has 1 atom stereocenters. The zero-order chi connectivity index (χ0) is 11.7. The summed E-state index contributed by atoms with van der Waals surface area (Å²) < 4.78 is 32.1. The van der Waals surface area contributed by atoms with Gasteiger partial charge in [0, 0.05) is 12.6 Å². The lowest BCUT2D eigenvalue weighted by atomic mass is 10.1. The van der Waals surface area contributed by atoms with Gasteiger partial charge in [-0.3, -0.25) is 0 Å². The molecule has 88 valence electrons. The number of nitrogens with two attached hydrogens (primary N) is 1. The van der Waals surface area contributed by atoms with Crippen molar-refractivity contribution in [3.63, 3.8) is 0 Å². The van der Waals surface area contributed by atoms with Gasteiger partial charge in [-0.05, 0) is 19.1 Å². The van der Waals surface area contributed by atoms with Crippen molar-refractivity contribution >= 4 is 11.4 Å². The zero-order valence-corrected chi connectivity index (χ0v) is 9.04. The monoisotopic (exact) mass is 228 g/mol. The van der Waals surface area contributed by atoms with Gasteiger partial charge in [-0.25, -0.2) is 8.78 Å². The number of hydrogen-bond acceptors (Lipinski definition) is 3. The molecule has 1 unspecified atom stereocenters. The zero-order valence-electron chi connectivity index (χ0n) is 9.04. The highest BCUT2D eigenvalue weighted by molar-refractivity contribution is 5.69. The van der Waals surface area contributed by atoms with Crippen molar-refractivity contribution in [1.29, 1.82) is 0 Å². The molecule has 1 aliphatic rings. The average Bonchev–Trinajstić information content (AvgIpc) is 2.27. The molecule has 3 nitrogen and oxygen atoms in total. The fraction of sp³-hybridized carbons (Fsp3) is 0.455. The first kappa shape index (κ1) is 11.1. The Morgan fingerprint density at radius 2 is 2.19 bits per heavy atom. The minimum absolute atomic E-state index is 0.00708. The fourth-order valence-corrected chi connectivity index (χ4v) is 1.91. The Morgan fingerprint density at radius 1 is 1.44 bits per heavy atom. The second-order valence-electron chi connectivity index (χ2n) is 3.92. The molecule has 5 heteroatoms. The molecule has 2 rings (SSSR count). The molecule has 0 radical (unpaired) electrons. The molecule has 1 saturated heterocycles. The van der Waals surface area contributed by atoms with Crippen molar-refractivity contribution in [1.82, 2.24) is 0 Å². The van der Waals surface area contributed by atoms with Crippen LogP contribution in [0.3, 0.4) is 0 Å². The number of hydrogen-bond donors (Lipinski definition) is 1. The first-order chi connectivity index (χ1) is 7.61. The predicted molar refractivity (Wildman–Crippen MR) is 58.4 cm³/mol. The van der Waals surface area contributed by atoms with E-state index in [1.165, 1.54) is 6.07 Å². The largest absolute Gasteiger partial charge is 0.397 e. The second kappa shape index (κ2) is 4.25. The number of benzene rings is 1. The maximum absolute atomic E-state index is 13.7. The molecule has 0 saturated carbocycles. The molecule has 0 aliphatic carbocycles. The summed E-state index contributed by atoms with van der Waals surface area (Å²) in [5.41, 5.74) is 6.10. The predicted octanol–water partition coefficient (Wildman–Crippen LogP) is 1.77. The summed E-state index contributed by atoms with van der Waals surface area (Å²) in [5.74, 6) is -1.75. The molecular formula is C11H14F2N2O. The lowest BCUT2D eigenvalue weighted by Gasteiger charge is -2.36. The number of ether oxygens (including phenoxy) is 1. The fourth-order valence-electron chi connectivity index (χ4n) is 1.91. The summed E-state index contributed by atoms with van der Waals surface area (Å²) in [6.07, 6.45) is 0. The van der Waals surface area contributed by atoms with Gasteiger partial charge in [-0.1, -0.05) is 0 Å². The van der Waals surface area contributed by atoms with Crippen LogP contribution in [0.4, 0.5) is 20.2 Å². The Hall–Kier alpha value is -1.36. The maximum Gasteiger partial charge on any atom is 0.184 e. The van der Waals surface area contributed by atoms with Gasteiger partial charge in [0.1, 0.15) is 0 Å². The van der Waals surface area contributed by atoms with E-state index in [9.17, 15) is 8.78 Å². The van der Waals surface area contributed by atoms with Crippen LogP contribution >= 0.6 is 0 Å². The van der Waals surface area contributed by atoms with E-state index in [-0.39, 0.29) is 17.4 Å². The van der Waals surface area contributed by atoms with E-state index in [0.29, 0.717) is 19.8 Å². The van der Waals surface area contributed by atoms with E-state index in [4.69, 9.17) is 10.5 Å². The maximum atomic E-state index is 13.7. The highest BCUT2D eigenvalue weighted by atomic mass is 19.2. The molecular weight excluding hydrogens is 214 g/mol. The van der Waals surface area contributed by atoms with Gasteiger partial charge in [-0.15, -0.1) is 0 Å². The minimum Gasteiger partial charge on any atom is -0.397 e. The first-order valence-electron chi connectivity index (χ1n) is 5.19. The van der Waals surface area contributed by atoms with Crippen molar-refractivity contribution in [2.24, 2.45) is 0 Å². The van der Waals surface area contributed by atoms with E-state index in [2.05, 4.69) is 0 Å². The molecule has 1 aromatic rings. The summed E-state index contributed by atoms with van der Waals surface area (Å²) in [6, 6.07) is 2.42. The molecule has 1 heterocycles. The van der Waals surface area contributed by atoms with Gasteiger partial charge in [0.05, 0.1) is 24.6 Å². The van der Waals surface area contributed by atoms with Gasteiger partial charge in [-0.2, -0.15) is 0 Å². The van der Waals surface area contributed by atoms with Crippen LogP contribution in [0.5, 0.6) is 0 Å². The van der Waals surface area contributed by atoms with Gasteiger partial charge in [0.25, 0.3) is 0 Å². The number of nitrogen functional groups attached to an aromatic ring is 1. The number of nitrogens with zero attached hydrogens (tertiary/aromatic N) is 1. The van der Waals surface area contributed by atoms with Crippen molar-refractivity contribution in [2.45, 2.75) is 13.0 Å². The normalized spacial score (nSPS) is 21.2. The highest BCUT2D eigenvalue weighted by Crippen LogP contribution is 2.30. The smallest absolute Gasteiger partial charge is 0.184 e. The van der Waals surface area contributed by atoms with E-state index in [1.54, 1.807) is 4.90 Å². The van der Waals surface area contributed by atoms with Crippen molar-refractivity contribution in [2.75, 3.05) is 30.4 Å². The molecule has 0 spiro atoms. The molecule has 1 aromatic carbocycles. The van der Waals surface area contributed by atoms with Crippen LogP contribution in [0.25, 0.3) is 0 Å². The van der Waals surface area contributed by atoms with Crippen LogP contribution in [0.1, 0.15) is 6.92 Å². The summed E-state index contributed by atoms with van der Waals surface area (Å²) >= 11 is 0. The van der Waals surface area contributed by atoms with Crippen molar-refractivity contribution in [3.05, 3.63) is 23.8 Å². The average molecular weight is 228 g/mol. The Bertz CT molecular complexity index is 398. The number of rotatable bonds is 1. The van der Waals surface area contributed by atoms with E-state index < -0.39 is 11.6 Å². The minimum atomic E-state index is -0.881. The van der Waals surface area contributed by atoms with Gasteiger partial charge >= 0.3 is 0 Å². The van der Waals surface area contributed by atoms with Crippen LogP contribution in [-0.2, 0) is 4.74 Å². The third-order valence-electron chi connectivity index (χ3n) is 2.76. The van der Waals surface area contributed by atoms with Crippen molar-refractivity contribution in [3.8, 4) is 0 Å². The van der Waals surface area contributed by atoms with Gasteiger partial charge < -0.3 is 15.4 Å². The number of halogens is 2. The van der Waals surface area contributed by atoms with Crippen LogP contribution in [-0.4, -0.2) is 25.8 Å². The Kier molecular flexibility index (Phi) is 2.96. The molecule has 1 aliphatic heterocycles. The summed E-state index contributed by atoms with van der Waals surface area (Å²) in [4.78, 5) is 1.75. The highest BCUT2D eigenvalue weighted by Gasteiger charge is 2.25. The molecule has 1 fully saturated rings. The number of anilines is 2. The van der Waals surface area contributed by atoms with Crippen molar-refractivity contribution < 1.29 is 13.5 Å². The quantitative estimate of drug-likeness (QED) is 0.744. The Morgan fingerprint density at radius 3 is 2.88 bits per heavy atom. The standard InChI is InChI=1S/C11H14F2N2O/c1-7-6-16-5-4-15(7)11-9(14)3-2-8(12)10(11)13/h2-3,7H,4-6,14H2,1H3. The molecule has 16 heavy (non-hydrogen) atoms.